The molecule has 160 valence electrons. The van der Waals surface area contributed by atoms with Gasteiger partial charge in [-0.05, 0) is 55.3 Å². The summed E-state index contributed by atoms with van der Waals surface area (Å²) < 4.78 is 18.7. The second kappa shape index (κ2) is 10.2. The Hall–Kier alpha value is -2.93. The van der Waals surface area contributed by atoms with Crippen LogP contribution in [0.4, 0.5) is 10.1 Å². The number of amides is 2. The summed E-state index contributed by atoms with van der Waals surface area (Å²) in [6.07, 6.45) is 0.332. The number of benzene rings is 2. The zero-order valence-corrected chi connectivity index (χ0v) is 17.5. The molecule has 1 fully saturated rings. The van der Waals surface area contributed by atoms with Gasteiger partial charge in [-0.25, -0.2) is 4.39 Å². The molecule has 7 heteroatoms. The van der Waals surface area contributed by atoms with Gasteiger partial charge in [-0.15, -0.1) is 0 Å². The van der Waals surface area contributed by atoms with E-state index in [4.69, 9.17) is 4.74 Å². The normalized spacial score (nSPS) is 14.4. The molecule has 30 heavy (non-hydrogen) atoms. The predicted molar refractivity (Wildman–Crippen MR) is 114 cm³/mol. The first-order valence-electron chi connectivity index (χ1n) is 10.2. The van der Waals surface area contributed by atoms with Crippen molar-refractivity contribution in [2.75, 3.05) is 44.6 Å². The number of carbonyl (C=O) groups excluding carboxylic acids is 2. The molecule has 6 nitrogen and oxygen atoms in total. The molecule has 0 aromatic heterocycles. The van der Waals surface area contributed by atoms with Crippen LogP contribution in [0.15, 0.2) is 42.5 Å². The molecule has 1 saturated heterocycles. The minimum Gasteiger partial charge on any atom is -0.493 e. The van der Waals surface area contributed by atoms with E-state index in [0.717, 1.165) is 16.9 Å². The average Bonchev–Trinajstić information content (AvgIpc) is 2.72. The van der Waals surface area contributed by atoms with Crippen molar-refractivity contribution >= 4 is 17.5 Å². The number of aryl methyl sites for hydroxylation is 2. The third-order valence-corrected chi connectivity index (χ3v) is 5.14. The van der Waals surface area contributed by atoms with E-state index < -0.39 is 0 Å². The van der Waals surface area contributed by atoms with Gasteiger partial charge in [0.2, 0.25) is 11.8 Å². The zero-order chi connectivity index (χ0) is 21.5. The minimum atomic E-state index is -0.340. The van der Waals surface area contributed by atoms with Gasteiger partial charge >= 0.3 is 0 Å². The number of hydrogen-bond acceptors (Lipinski definition) is 4. The maximum Gasteiger partial charge on any atom is 0.238 e. The topological polar surface area (TPSA) is 61.9 Å². The van der Waals surface area contributed by atoms with Crippen LogP contribution in [0.25, 0.3) is 0 Å². The number of carbonyl (C=O) groups is 2. The van der Waals surface area contributed by atoms with Gasteiger partial charge in [-0.3, -0.25) is 14.5 Å². The summed E-state index contributed by atoms with van der Waals surface area (Å²) in [5.41, 5.74) is 2.75. The Bertz CT molecular complexity index is 878. The molecule has 0 aliphatic carbocycles. The van der Waals surface area contributed by atoms with E-state index in [1.807, 2.05) is 41.8 Å². The van der Waals surface area contributed by atoms with Gasteiger partial charge in [0.25, 0.3) is 0 Å². The number of ether oxygens (including phenoxy) is 1. The van der Waals surface area contributed by atoms with Gasteiger partial charge in [-0.2, -0.15) is 0 Å². The Labute approximate surface area is 176 Å². The Balaban J connectivity index is 1.37. The fourth-order valence-corrected chi connectivity index (χ4v) is 3.36. The fourth-order valence-electron chi connectivity index (χ4n) is 3.36. The van der Waals surface area contributed by atoms with Crippen molar-refractivity contribution in [2.45, 2.75) is 20.3 Å². The maximum absolute atomic E-state index is 12.9. The van der Waals surface area contributed by atoms with Crippen molar-refractivity contribution in [3.8, 4) is 5.75 Å². The van der Waals surface area contributed by atoms with Crippen LogP contribution >= 0.6 is 0 Å². The van der Waals surface area contributed by atoms with Crippen molar-refractivity contribution in [2.24, 2.45) is 0 Å². The molecule has 2 amide bonds. The highest BCUT2D eigenvalue weighted by Gasteiger charge is 2.22. The van der Waals surface area contributed by atoms with Crippen molar-refractivity contribution in [1.82, 2.24) is 9.80 Å². The van der Waals surface area contributed by atoms with Gasteiger partial charge in [-0.1, -0.05) is 12.1 Å². The quantitative estimate of drug-likeness (QED) is 0.758. The zero-order valence-electron chi connectivity index (χ0n) is 17.5. The van der Waals surface area contributed by atoms with Gasteiger partial charge in [0, 0.05) is 31.9 Å². The van der Waals surface area contributed by atoms with Crippen LogP contribution in [-0.2, 0) is 9.59 Å². The molecule has 0 atom stereocenters. The molecule has 1 aliphatic rings. The third kappa shape index (κ3) is 6.29. The summed E-state index contributed by atoms with van der Waals surface area (Å²) in [4.78, 5) is 28.4. The Morgan fingerprint density at radius 1 is 1.03 bits per heavy atom. The summed E-state index contributed by atoms with van der Waals surface area (Å²) in [7, 11) is 0. The first kappa shape index (κ1) is 21.8. The van der Waals surface area contributed by atoms with E-state index in [1.165, 1.54) is 24.3 Å². The molecule has 2 aromatic carbocycles. The number of rotatable bonds is 7. The van der Waals surface area contributed by atoms with Crippen LogP contribution in [0.2, 0.25) is 0 Å². The SMILES string of the molecule is Cc1ccc(C)c(OCCC(=O)N2CCN(CC(=O)Nc3ccc(F)cc3)CC2)c1. The van der Waals surface area contributed by atoms with Gasteiger partial charge in [0.1, 0.15) is 11.6 Å². The van der Waals surface area contributed by atoms with E-state index in [-0.39, 0.29) is 24.2 Å². The van der Waals surface area contributed by atoms with Crippen molar-refractivity contribution < 1.29 is 18.7 Å². The van der Waals surface area contributed by atoms with E-state index in [2.05, 4.69) is 5.32 Å². The van der Waals surface area contributed by atoms with Crippen LogP contribution < -0.4 is 10.1 Å². The van der Waals surface area contributed by atoms with Crippen LogP contribution in [0, 0.1) is 19.7 Å². The maximum atomic E-state index is 12.9. The van der Waals surface area contributed by atoms with Crippen LogP contribution in [0.1, 0.15) is 17.5 Å². The Morgan fingerprint density at radius 3 is 2.43 bits per heavy atom. The average molecular weight is 413 g/mol. The first-order chi connectivity index (χ1) is 14.4. The number of nitrogens with one attached hydrogen (secondary N) is 1. The van der Waals surface area contributed by atoms with Crippen molar-refractivity contribution in [3.63, 3.8) is 0 Å². The molecule has 0 bridgehead atoms. The third-order valence-electron chi connectivity index (χ3n) is 5.14. The molecular weight excluding hydrogens is 385 g/mol. The van der Waals surface area contributed by atoms with Gasteiger partial charge in [0.05, 0.1) is 19.6 Å². The number of halogens is 1. The minimum absolute atomic E-state index is 0.0655. The van der Waals surface area contributed by atoms with Crippen LogP contribution in [0.5, 0.6) is 5.75 Å². The molecule has 0 spiro atoms. The molecule has 1 heterocycles. The lowest BCUT2D eigenvalue weighted by atomic mass is 10.1. The molecule has 3 rings (SSSR count). The molecule has 0 saturated carbocycles. The highest BCUT2D eigenvalue weighted by atomic mass is 19.1. The molecule has 1 aliphatic heterocycles. The fraction of sp³-hybridized carbons (Fsp3) is 0.391. The van der Waals surface area contributed by atoms with Crippen LogP contribution in [0.3, 0.4) is 0 Å². The molecule has 2 aromatic rings. The smallest absolute Gasteiger partial charge is 0.238 e. The van der Waals surface area contributed by atoms with E-state index in [1.54, 1.807) is 0 Å². The summed E-state index contributed by atoms with van der Waals surface area (Å²) >= 11 is 0. The monoisotopic (exact) mass is 413 g/mol. The highest BCUT2D eigenvalue weighted by Crippen LogP contribution is 2.19. The lowest BCUT2D eigenvalue weighted by Gasteiger charge is -2.34. The Kier molecular flexibility index (Phi) is 7.41. The Morgan fingerprint density at radius 2 is 1.73 bits per heavy atom. The number of piperazine rings is 1. The van der Waals surface area contributed by atoms with Crippen molar-refractivity contribution in [3.05, 3.63) is 59.4 Å². The lowest BCUT2D eigenvalue weighted by molar-refractivity contribution is -0.133. The second-order valence-electron chi connectivity index (χ2n) is 7.58. The largest absolute Gasteiger partial charge is 0.493 e. The number of nitrogens with zero attached hydrogens (tertiary/aromatic N) is 2. The predicted octanol–water partition coefficient (Wildman–Crippen LogP) is 2.99. The highest BCUT2D eigenvalue weighted by molar-refractivity contribution is 5.92. The number of anilines is 1. The summed E-state index contributed by atoms with van der Waals surface area (Å²) in [5, 5.41) is 2.76. The summed E-state index contributed by atoms with van der Waals surface area (Å²) in [6.45, 7) is 7.05. The standard InChI is InChI=1S/C23H28FN3O3/c1-17-3-4-18(2)21(15-17)30-14-9-23(29)27-12-10-26(11-13-27)16-22(28)25-20-7-5-19(24)6-8-20/h3-8,15H,9-14,16H2,1-2H3,(H,25,28). The van der Waals surface area contributed by atoms with E-state index in [9.17, 15) is 14.0 Å². The van der Waals surface area contributed by atoms with Crippen LogP contribution in [-0.4, -0.2) is 60.9 Å². The second-order valence-corrected chi connectivity index (χ2v) is 7.58. The molecule has 0 radical (unpaired) electrons. The van der Waals surface area contributed by atoms with E-state index >= 15 is 0 Å². The van der Waals surface area contributed by atoms with E-state index in [0.29, 0.717) is 44.9 Å². The molecule has 1 N–H and O–H groups in total. The van der Waals surface area contributed by atoms with Gasteiger partial charge in [0.15, 0.2) is 0 Å². The summed E-state index contributed by atoms with van der Waals surface area (Å²) in [5.74, 6) is 0.395. The van der Waals surface area contributed by atoms with Crippen molar-refractivity contribution in [1.29, 1.82) is 0 Å². The van der Waals surface area contributed by atoms with Gasteiger partial charge < -0.3 is 15.0 Å². The summed E-state index contributed by atoms with van der Waals surface area (Å²) in [6, 6.07) is 11.7. The first-order valence-corrected chi connectivity index (χ1v) is 10.2. The molecule has 0 unspecified atom stereocenters. The number of hydrogen-bond donors (Lipinski definition) is 1. The molecular formula is C23H28FN3O3. The lowest BCUT2D eigenvalue weighted by Crippen LogP contribution is -2.50.